The molecule has 0 radical (unpaired) electrons. The molecule has 0 aliphatic carbocycles. The fraction of sp³-hybridized carbons (Fsp3) is 0.364. The Hall–Kier alpha value is 0.220. The molecule has 0 aliphatic rings. The maximum Gasteiger partial charge on any atom is 0.152 e. The molecule has 0 aliphatic heterocycles. The van der Waals surface area contributed by atoms with Crippen molar-refractivity contribution in [3.63, 3.8) is 0 Å². The summed E-state index contributed by atoms with van der Waals surface area (Å²) in [4.78, 5) is 4.36. The van der Waals surface area contributed by atoms with E-state index in [9.17, 15) is 4.39 Å². The molecule has 3 nitrogen and oxygen atoms in total. The molecular formula is C11H12BrFIN2OP. The second kappa shape index (κ2) is 6.11. The van der Waals surface area contributed by atoms with Gasteiger partial charge < -0.3 is 9.09 Å². The summed E-state index contributed by atoms with van der Waals surface area (Å²) in [6.07, 6.45) is 0. The van der Waals surface area contributed by atoms with E-state index in [1.807, 2.05) is 10.6 Å². The molecule has 7 heteroatoms. The van der Waals surface area contributed by atoms with Crippen LogP contribution in [0.2, 0.25) is 0 Å². The first-order valence-corrected chi connectivity index (χ1v) is 10.2. The highest BCUT2D eigenvalue weighted by Gasteiger charge is 2.16. The van der Waals surface area contributed by atoms with Gasteiger partial charge in [-0.15, -0.1) is 0 Å². The first-order valence-electron chi connectivity index (χ1n) is 5.38. The monoisotopic (exact) mass is 444 g/mol. The number of fused-ring (bicyclic) bond motifs is 1. The summed E-state index contributed by atoms with van der Waals surface area (Å²) in [6, 6.07) is 3.53. The lowest BCUT2D eigenvalue weighted by molar-refractivity contribution is 0.335. The molecule has 98 valence electrons. The zero-order valence-electron chi connectivity index (χ0n) is 9.88. The van der Waals surface area contributed by atoms with Gasteiger partial charge >= 0.3 is 0 Å². The SMILES string of the molecule is CC(C)n1c(COPI)nc2c(F)cc(Br)cc21. The van der Waals surface area contributed by atoms with Gasteiger partial charge in [-0.2, -0.15) is 0 Å². The first kappa shape index (κ1) is 14.6. The summed E-state index contributed by atoms with van der Waals surface area (Å²) in [5.41, 5.74) is 1.20. The standard InChI is InChI=1S/C11H12BrFIN2OP/c1-6(2)16-9-4-7(12)3-8(13)11(9)15-10(16)5-17-18-14/h3-4,6,18H,5H2,1-2H3. The van der Waals surface area contributed by atoms with Crippen molar-refractivity contribution in [2.24, 2.45) is 0 Å². The average Bonchev–Trinajstić information content (AvgIpc) is 2.64. The minimum Gasteiger partial charge on any atom is -0.344 e. The number of imidazole rings is 1. The highest BCUT2D eigenvalue weighted by atomic mass is 127. The molecule has 0 amide bonds. The Kier molecular flexibility index (Phi) is 4.97. The number of aromatic nitrogens is 2. The van der Waals surface area contributed by atoms with Crippen molar-refractivity contribution in [1.29, 1.82) is 0 Å². The Morgan fingerprint density at radius 2 is 2.28 bits per heavy atom. The van der Waals surface area contributed by atoms with Crippen molar-refractivity contribution < 1.29 is 8.91 Å². The highest BCUT2D eigenvalue weighted by molar-refractivity contribution is 14.2. The van der Waals surface area contributed by atoms with E-state index < -0.39 is 0 Å². The number of benzene rings is 1. The van der Waals surface area contributed by atoms with E-state index in [2.05, 4.69) is 56.8 Å². The molecule has 1 heterocycles. The lowest BCUT2D eigenvalue weighted by Crippen LogP contribution is -2.06. The van der Waals surface area contributed by atoms with Crippen LogP contribution in [0.25, 0.3) is 11.0 Å². The Bertz CT molecular complexity index is 576. The zero-order valence-corrected chi connectivity index (χ0v) is 14.6. The lowest BCUT2D eigenvalue weighted by Gasteiger charge is -2.12. The van der Waals surface area contributed by atoms with Crippen LogP contribution in [0.15, 0.2) is 16.6 Å². The number of rotatable bonds is 4. The summed E-state index contributed by atoms with van der Waals surface area (Å²) in [6.45, 7) is 4.88. The lowest BCUT2D eigenvalue weighted by atomic mass is 10.3. The molecule has 0 fully saturated rings. The van der Waals surface area contributed by atoms with Gasteiger partial charge in [-0.3, -0.25) is 0 Å². The van der Waals surface area contributed by atoms with Gasteiger partial charge in [0.2, 0.25) is 0 Å². The highest BCUT2D eigenvalue weighted by Crippen LogP contribution is 2.29. The molecule has 1 unspecified atom stereocenters. The normalized spacial score (nSPS) is 12.3. The summed E-state index contributed by atoms with van der Waals surface area (Å²) < 4.78 is 22.0. The van der Waals surface area contributed by atoms with Crippen LogP contribution in [0, 0.1) is 5.82 Å². The second-order valence-corrected chi connectivity index (χ2v) is 6.79. The molecule has 18 heavy (non-hydrogen) atoms. The van der Waals surface area contributed by atoms with E-state index >= 15 is 0 Å². The Morgan fingerprint density at radius 3 is 2.89 bits per heavy atom. The molecule has 1 atom stereocenters. The quantitative estimate of drug-likeness (QED) is 0.491. The largest absolute Gasteiger partial charge is 0.344 e. The number of hydrogen-bond acceptors (Lipinski definition) is 2. The molecule has 0 saturated heterocycles. The summed E-state index contributed by atoms with van der Waals surface area (Å²) in [5, 5.41) is 0. The molecule has 0 N–H and O–H groups in total. The van der Waals surface area contributed by atoms with Crippen LogP contribution in [-0.2, 0) is 11.1 Å². The number of halogens is 3. The van der Waals surface area contributed by atoms with E-state index in [1.54, 1.807) is 0 Å². The van der Waals surface area contributed by atoms with Gasteiger partial charge in [-0.05, 0) is 48.0 Å². The molecule has 0 spiro atoms. The van der Waals surface area contributed by atoms with E-state index in [1.165, 1.54) is 6.07 Å². The van der Waals surface area contributed by atoms with Crippen LogP contribution < -0.4 is 0 Å². The van der Waals surface area contributed by atoms with E-state index in [0.717, 1.165) is 15.8 Å². The van der Waals surface area contributed by atoms with Gasteiger partial charge in [0.15, 0.2) is 5.82 Å². The van der Waals surface area contributed by atoms with E-state index in [-0.39, 0.29) is 11.9 Å². The summed E-state index contributed by atoms with van der Waals surface area (Å²) >= 11 is 5.48. The van der Waals surface area contributed by atoms with Crippen molar-refractivity contribution in [3.05, 3.63) is 28.2 Å². The van der Waals surface area contributed by atoms with Crippen molar-refractivity contribution in [2.75, 3.05) is 0 Å². The third-order valence-corrected chi connectivity index (χ3v) is 4.20. The third kappa shape index (κ3) is 2.86. The molecule has 2 rings (SSSR count). The van der Waals surface area contributed by atoms with Gasteiger partial charge in [0, 0.05) is 10.5 Å². The molecule has 0 saturated carbocycles. The van der Waals surface area contributed by atoms with E-state index in [4.69, 9.17) is 4.52 Å². The number of hydrogen-bond donors (Lipinski definition) is 0. The predicted octanol–water partition coefficient (Wildman–Crippen LogP) is 4.98. The molecule has 2 aromatic rings. The first-order chi connectivity index (χ1) is 8.54. The smallest absolute Gasteiger partial charge is 0.152 e. The Balaban J connectivity index is 2.63. The van der Waals surface area contributed by atoms with Crippen LogP contribution in [0.1, 0.15) is 25.7 Å². The third-order valence-electron chi connectivity index (χ3n) is 2.56. The van der Waals surface area contributed by atoms with Crippen LogP contribution in [0.4, 0.5) is 4.39 Å². The van der Waals surface area contributed by atoms with Crippen molar-refractivity contribution in [1.82, 2.24) is 9.55 Å². The minimum atomic E-state index is -0.308. The van der Waals surface area contributed by atoms with Crippen molar-refractivity contribution in [3.8, 4) is 0 Å². The molecular weight excluding hydrogens is 433 g/mol. The van der Waals surface area contributed by atoms with Crippen molar-refractivity contribution in [2.45, 2.75) is 26.5 Å². The fourth-order valence-corrected chi connectivity index (χ4v) is 3.01. The van der Waals surface area contributed by atoms with Crippen LogP contribution in [0.5, 0.6) is 0 Å². The minimum absolute atomic E-state index is 0.208. The van der Waals surface area contributed by atoms with Gasteiger partial charge in [-0.1, -0.05) is 15.9 Å². The van der Waals surface area contributed by atoms with Gasteiger partial charge in [0.05, 0.1) is 12.0 Å². The predicted molar refractivity (Wildman–Crippen MR) is 84.9 cm³/mol. The molecule has 0 bridgehead atoms. The average molecular weight is 445 g/mol. The topological polar surface area (TPSA) is 27.1 Å². The van der Waals surface area contributed by atoms with Crippen LogP contribution in [0.3, 0.4) is 0 Å². The van der Waals surface area contributed by atoms with Gasteiger partial charge in [0.1, 0.15) is 17.9 Å². The molecule has 1 aromatic heterocycles. The summed E-state index contributed by atoms with van der Waals surface area (Å²) in [7, 11) is 0. The van der Waals surface area contributed by atoms with Crippen molar-refractivity contribution >= 4 is 55.5 Å². The zero-order chi connectivity index (χ0) is 13.3. The Morgan fingerprint density at radius 1 is 1.56 bits per heavy atom. The number of nitrogens with zero attached hydrogens (tertiary/aromatic N) is 2. The molecule has 1 aromatic carbocycles. The maximum absolute atomic E-state index is 13.9. The van der Waals surface area contributed by atoms with Crippen LogP contribution in [-0.4, -0.2) is 9.55 Å². The van der Waals surface area contributed by atoms with E-state index in [0.29, 0.717) is 18.6 Å². The van der Waals surface area contributed by atoms with Crippen LogP contribution >= 0.6 is 44.4 Å². The Labute approximate surface area is 128 Å². The van der Waals surface area contributed by atoms with Gasteiger partial charge in [0.25, 0.3) is 0 Å². The fourth-order valence-electron chi connectivity index (χ4n) is 1.94. The maximum atomic E-state index is 13.9. The summed E-state index contributed by atoms with van der Waals surface area (Å²) in [5.74, 6) is 0.457. The second-order valence-electron chi connectivity index (χ2n) is 4.11. The van der Waals surface area contributed by atoms with Gasteiger partial charge in [-0.25, -0.2) is 9.37 Å².